The second kappa shape index (κ2) is 8.04. The number of carbonyl (C=O) groups excluding carboxylic acids is 1. The zero-order valence-electron chi connectivity index (χ0n) is 17.6. The fourth-order valence-electron chi connectivity index (χ4n) is 3.60. The Morgan fingerprint density at radius 3 is 2.70 bits per heavy atom. The summed E-state index contributed by atoms with van der Waals surface area (Å²) in [6.45, 7) is 3.59. The van der Waals surface area contributed by atoms with Gasteiger partial charge in [0, 0.05) is 17.1 Å². The van der Waals surface area contributed by atoms with E-state index in [1.54, 1.807) is 19.9 Å². The van der Waals surface area contributed by atoms with Crippen molar-refractivity contribution in [2.75, 3.05) is 5.75 Å². The van der Waals surface area contributed by atoms with Gasteiger partial charge < -0.3 is 0 Å². The van der Waals surface area contributed by atoms with Crippen molar-refractivity contribution in [2.24, 2.45) is 15.3 Å². The minimum Gasteiger partial charge on any atom is -0.290 e. The zero-order chi connectivity index (χ0) is 23.3. The summed E-state index contributed by atoms with van der Waals surface area (Å²) >= 11 is 2.24. The summed E-state index contributed by atoms with van der Waals surface area (Å²) in [5.41, 5.74) is 2.10. The van der Waals surface area contributed by atoms with Crippen molar-refractivity contribution in [1.29, 1.82) is 5.41 Å². The van der Waals surface area contributed by atoms with Gasteiger partial charge in [-0.25, -0.2) is 18.3 Å². The molecule has 168 valence electrons. The van der Waals surface area contributed by atoms with Gasteiger partial charge in [-0.15, -0.1) is 11.3 Å². The smallest absolute Gasteiger partial charge is 0.283 e. The van der Waals surface area contributed by atoms with Crippen LogP contribution < -0.4 is 0 Å². The Bertz CT molecular complexity index is 1500. The summed E-state index contributed by atoms with van der Waals surface area (Å²) in [6, 6.07) is 9.53. The number of sulfone groups is 1. The van der Waals surface area contributed by atoms with Crippen molar-refractivity contribution in [2.45, 2.75) is 13.8 Å². The van der Waals surface area contributed by atoms with Crippen molar-refractivity contribution in [3.05, 3.63) is 53.2 Å². The van der Waals surface area contributed by atoms with E-state index in [2.05, 4.69) is 9.39 Å². The fraction of sp³-hybridized carbons (Fsp3) is 0.190. The molecule has 0 spiro atoms. The van der Waals surface area contributed by atoms with Gasteiger partial charge in [-0.3, -0.25) is 14.6 Å². The second-order valence-corrected chi connectivity index (χ2v) is 11.4. The largest absolute Gasteiger partial charge is 0.290 e. The number of hydrogen-bond donors (Lipinski definition) is 1. The van der Waals surface area contributed by atoms with Crippen molar-refractivity contribution in [3.8, 4) is 11.3 Å². The number of fused-ring (bicyclic) bond motifs is 2. The lowest BCUT2D eigenvalue weighted by Crippen LogP contribution is -2.46. The third-order valence-electron chi connectivity index (χ3n) is 4.95. The van der Waals surface area contributed by atoms with Crippen LogP contribution in [0.15, 0.2) is 56.9 Å². The molecule has 2 aliphatic rings. The average Bonchev–Trinajstić information content (AvgIpc) is 3.46. The molecule has 0 atom stereocenters. The van der Waals surface area contributed by atoms with Crippen LogP contribution in [0, 0.1) is 11.3 Å². The molecule has 0 saturated heterocycles. The van der Waals surface area contributed by atoms with Gasteiger partial charge in [-0.05, 0) is 12.0 Å². The summed E-state index contributed by atoms with van der Waals surface area (Å²) in [5.74, 6) is -1.13. The SMILES string of the molecule is CC(C)CS(=O)(=O)C1=NSC2=NC(=O)C(=Cc3c(-c4ccccc4)nc4sccn34)C(=N)N21. The summed E-state index contributed by atoms with van der Waals surface area (Å²) in [7, 11) is -3.76. The Kier molecular flexibility index (Phi) is 5.30. The second-order valence-electron chi connectivity index (χ2n) is 7.85. The van der Waals surface area contributed by atoms with Gasteiger partial charge >= 0.3 is 0 Å². The van der Waals surface area contributed by atoms with Crippen LogP contribution >= 0.6 is 23.3 Å². The lowest BCUT2D eigenvalue weighted by atomic mass is 10.1. The quantitative estimate of drug-likeness (QED) is 0.432. The number of carbonyl (C=O) groups is 1. The molecular formula is C21H18N6O3S3. The molecule has 1 N–H and O–H groups in total. The van der Waals surface area contributed by atoms with Gasteiger partial charge in [0.1, 0.15) is 5.84 Å². The van der Waals surface area contributed by atoms with E-state index in [1.807, 2.05) is 46.3 Å². The molecule has 0 radical (unpaired) electrons. The Balaban J connectivity index is 1.62. The summed E-state index contributed by atoms with van der Waals surface area (Å²) in [6.07, 6.45) is 3.39. The topological polar surface area (TPSA) is 120 Å². The lowest BCUT2D eigenvalue weighted by molar-refractivity contribution is -0.114. The number of amides is 1. The molecule has 0 unspecified atom stereocenters. The number of hydrogen-bond acceptors (Lipinski definition) is 8. The maximum Gasteiger partial charge on any atom is 0.283 e. The number of rotatable bonds is 4. The van der Waals surface area contributed by atoms with Crippen molar-refractivity contribution in [1.82, 2.24) is 14.3 Å². The molecule has 2 aliphatic heterocycles. The number of benzene rings is 1. The number of thiazole rings is 1. The first-order chi connectivity index (χ1) is 15.8. The number of nitrogens with zero attached hydrogens (tertiary/aromatic N) is 5. The lowest BCUT2D eigenvalue weighted by Gasteiger charge is -2.24. The van der Waals surface area contributed by atoms with Crippen molar-refractivity contribution in [3.63, 3.8) is 0 Å². The third kappa shape index (κ3) is 3.73. The molecular weight excluding hydrogens is 480 g/mol. The van der Waals surface area contributed by atoms with Gasteiger partial charge in [0.05, 0.1) is 34.7 Å². The van der Waals surface area contributed by atoms with E-state index in [-0.39, 0.29) is 33.4 Å². The number of aliphatic imine (C=N–C) groups is 1. The van der Waals surface area contributed by atoms with E-state index in [4.69, 9.17) is 10.4 Å². The standard InChI is InChI=1S/C21H18N6O3S3/c1-12(2)11-33(29,30)21-25-32-20-24-18(28)14(17(22)27(20)21)10-15-16(13-6-4-3-5-7-13)23-19-26(15)8-9-31-19/h3-10,12,22H,11H2,1-2H3. The Labute approximate surface area is 198 Å². The monoisotopic (exact) mass is 498 g/mol. The Morgan fingerprint density at radius 2 is 1.97 bits per heavy atom. The van der Waals surface area contributed by atoms with E-state index < -0.39 is 15.7 Å². The molecule has 12 heteroatoms. The van der Waals surface area contributed by atoms with Gasteiger partial charge in [-0.1, -0.05) is 44.2 Å². The molecule has 9 nitrogen and oxygen atoms in total. The Morgan fingerprint density at radius 1 is 1.21 bits per heavy atom. The first kappa shape index (κ1) is 21.7. The molecule has 0 bridgehead atoms. The summed E-state index contributed by atoms with van der Waals surface area (Å²) in [4.78, 5) is 23.5. The number of amidine groups is 3. The van der Waals surface area contributed by atoms with E-state index in [1.165, 1.54) is 11.3 Å². The maximum atomic E-state index is 12.9. The molecule has 1 aromatic carbocycles. The van der Waals surface area contributed by atoms with Crippen LogP contribution in [0.3, 0.4) is 0 Å². The van der Waals surface area contributed by atoms with Crippen LogP contribution in [0.5, 0.6) is 0 Å². The predicted octanol–water partition coefficient (Wildman–Crippen LogP) is 3.71. The molecule has 1 amide bonds. The normalized spacial score (nSPS) is 17.8. The van der Waals surface area contributed by atoms with E-state index in [9.17, 15) is 13.2 Å². The summed E-state index contributed by atoms with van der Waals surface area (Å²) < 4.78 is 31.6. The minimum atomic E-state index is -3.76. The molecule has 33 heavy (non-hydrogen) atoms. The van der Waals surface area contributed by atoms with Crippen LogP contribution in [-0.2, 0) is 14.6 Å². The van der Waals surface area contributed by atoms with Gasteiger partial charge in [0.15, 0.2) is 4.96 Å². The molecule has 4 heterocycles. The van der Waals surface area contributed by atoms with Crippen LogP contribution in [0.4, 0.5) is 0 Å². The molecule has 5 rings (SSSR count). The highest BCUT2D eigenvalue weighted by Gasteiger charge is 2.43. The number of nitrogens with one attached hydrogen (secondary N) is 1. The van der Waals surface area contributed by atoms with E-state index >= 15 is 0 Å². The number of imidazole rings is 1. The highest BCUT2D eigenvalue weighted by molar-refractivity contribution is 8.16. The molecule has 0 fully saturated rings. The summed E-state index contributed by atoms with van der Waals surface area (Å²) in [5, 5.41) is 10.4. The van der Waals surface area contributed by atoms with Crippen LogP contribution in [0.1, 0.15) is 19.5 Å². The first-order valence-electron chi connectivity index (χ1n) is 9.99. The van der Waals surface area contributed by atoms with Crippen molar-refractivity contribution >= 4 is 66.2 Å². The maximum absolute atomic E-state index is 12.9. The molecule has 0 aliphatic carbocycles. The average molecular weight is 499 g/mol. The van der Waals surface area contributed by atoms with Crippen LogP contribution in [0.25, 0.3) is 22.3 Å². The van der Waals surface area contributed by atoms with Crippen LogP contribution in [-0.4, -0.2) is 50.5 Å². The molecule has 2 aromatic heterocycles. The zero-order valence-corrected chi connectivity index (χ0v) is 20.0. The predicted molar refractivity (Wildman–Crippen MR) is 132 cm³/mol. The minimum absolute atomic E-state index is 0.0288. The fourth-order valence-corrected chi connectivity index (χ4v) is 7.05. The van der Waals surface area contributed by atoms with Gasteiger partial charge in [0.25, 0.3) is 5.91 Å². The van der Waals surface area contributed by atoms with Crippen molar-refractivity contribution < 1.29 is 13.2 Å². The first-order valence-corrected chi connectivity index (χ1v) is 13.3. The molecule has 0 saturated carbocycles. The van der Waals surface area contributed by atoms with E-state index in [0.29, 0.717) is 11.4 Å². The van der Waals surface area contributed by atoms with Gasteiger partial charge in [0.2, 0.25) is 20.2 Å². The Hall–Kier alpha value is -3.09. The van der Waals surface area contributed by atoms with E-state index in [0.717, 1.165) is 27.4 Å². The van der Waals surface area contributed by atoms with Gasteiger partial charge in [-0.2, -0.15) is 9.39 Å². The highest BCUT2D eigenvalue weighted by Crippen LogP contribution is 2.33. The number of aromatic nitrogens is 2. The molecule has 3 aromatic rings. The van der Waals surface area contributed by atoms with Crippen LogP contribution in [0.2, 0.25) is 0 Å². The highest BCUT2D eigenvalue weighted by atomic mass is 32.2. The third-order valence-corrected chi connectivity index (χ3v) is 8.46.